The van der Waals surface area contributed by atoms with Gasteiger partial charge in [-0.05, 0) is 37.0 Å². The summed E-state index contributed by atoms with van der Waals surface area (Å²) in [5, 5.41) is 5.97. The first-order valence-electron chi connectivity index (χ1n) is 7.76. The fourth-order valence-corrected chi connectivity index (χ4v) is 2.05. The van der Waals surface area contributed by atoms with Gasteiger partial charge in [0.1, 0.15) is 11.5 Å². The van der Waals surface area contributed by atoms with Crippen LogP contribution in [0.15, 0.2) is 36.7 Å². The number of nitrogens with one attached hydrogen (secondary N) is 2. The van der Waals surface area contributed by atoms with Crippen LogP contribution in [0.3, 0.4) is 0 Å². The molecule has 0 aliphatic heterocycles. The summed E-state index contributed by atoms with van der Waals surface area (Å²) in [5.41, 5.74) is 2.65. The van der Waals surface area contributed by atoms with E-state index in [4.69, 9.17) is 0 Å². The Balaban J connectivity index is 2.05. The molecular formula is C18H24N4O. The molecule has 0 unspecified atom stereocenters. The van der Waals surface area contributed by atoms with Gasteiger partial charge in [-0.2, -0.15) is 0 Å². The molecule has 0 saturated carbocycles. The largest absolute Gasteiger partial charge is 0.348 e. The monoisotopic (exact) mass is 312 g/mol. The second-order valence-electron chi connectivity index (χ2n) is 6.87. The van der Waals surface area contributed by atoms with E-state index in [0.29, 0.717) is 11.5 Å². The van der Waals surface area contributed by atoms with E-state index >= 15 is 0 Å². The number of benzene rings is 1. The highest BCUT2D eigenvalue weighted by Crippen LogP contribution is 2.24. The van der Waals surface area contributed by atoms with Gasteiger partial charge in [-0.3, -0.25) is 4.79 Å². The normalized spacial score (nSPS) is 11.4. The zero-order valence-electron chi connectivity index (χ0n) is 14.3. The third kappa shape index (κ3) is 4.77. The average molecular weight is 312 g/mol. The second kappa shape index (κ2) is 6.77. The van der Waals surface area contributed by atoms with Crippen molar-refractivity contribution in [1.29, 1.82) is 0 Å². The highest BCUT2D eigenvalue weighted by molar-refractivity contribution is 5.92. The molecule has 2 rings (SSSR count). The molecule has 5 heteroatoms. The maximum Gasteiger partial charge on any atom is 0.271 e. The smallest absolute Gasteiger partial charge is 0.271 e. The number of anilines is 2. The molecule has 0 aliphatic rings. The molecule has 0 bridgehead atoms. The highest BCUT2D eigenvalue weighted by atomic mass is 16.1. The van der Waals surface area contributed by atoms with Crippen LogP contribution in [0.5, 0.6) is 0 Å². The van der Waals surface area contributed by atoms with Gasteiger partial charge in [-0.25, -0.2) is 9.97 Å². The molecule has 0 aliphatic carbocycles. The second-order valence-corrected chi connectivity index (χ2v) is 6.87. The summed E-state index contributed by atoms with van der Waals surface area (Å²) in [4.78, 5) is 20.2. The fourth-order valence-electron chi connectivity index (χ4n) is 2.05. The molecule has 5 nitrogen and oxygen atoms in total. The highest BCUT2D eigenvalue weighted by Gasteiger charge is 2.13. The Morgan fingerprint density at radius 3 is 2.17 bits per heavy atom. The van der Waals surface area contributed by atoms with Gasteiger partial charge in [-0.1, -0.05) is 32.9 Å². The van der Waals surface area contributed by atoms with Crippen LogP contribution in [-0.2, 0) is 5.41 Å². The van der Waals surface area contributed by atoms with Gasteiger partial charge in [0.25, 0.3) is 5.91 Å². The minimum absolute atomic E-state index is 0.0726. The number of nitrogens with zero attached hydrogens (tertiary/aromatic N) is 2. The van der Waals surface area contributed by atoms with Crippen molar-refractivity contribution in [3.63, 3.8) is 0 Å². The van der Waals surface area contributed by atoms with Crippen molar-refractivity contribution in [3.05, 3.63) is 47.9 Å². The predicted octanol–water partition coefficient (Wildman–Crippen LogP) is 3.66. The van der Waals surface area contributed by atoms with Gasteiger partial charge >= 0.3 is 0 Å². The molecule has 0 fully saturated rings. The topological polar surface area (TPSA) is 66.9 Å². The van der Waals surface area contributed by atoms with Gasteiger partial charge in [-0.15, -0.1) is 0 Å². The predicted molar refractivity (Wildman–Crippen MR) is 93.1 cm³/mol. The summed E-state index contributed by atoms with van der Waals surface area (Å²) in [6.45, 7) is 10.4. The molecule has 1 amide bonds. The Morgan fingerprint density at radius 1 is 1.04 bits per heavy atom. The Labute approximate surface area is 137 Å². The van der Waals surface area contributed by atoms with Crippen LogP contribution in [0.25, 0.3) is 0 Å². The molecule has 2 N–H and O–H groups in total. The molecule has 122 valence electrons. The van der Waals surface area contributed by atoms with Crippen LogP contribution in [-0.4, -0.2) is 21.9 Å². The number of aromatic nitrogens is 2. The number of carbonyl (C=O) groups excluding carboxylic acids is 1. The number of rotatable bonds is 4. The molecule has 1 heterocycles. The number of hydrogen-bond acceptors (Lipinski definition) is 4. The maximum absolute atomic E-state index is 11.8. The van der Waals surface area contributed by atoms with Crippen LogP contribution in [0.2, 0.25) is 0 Å². The Morgan fingerprint density at radius 2 is 1.70 bits per heavy atom. The van der Waals surface area contributed by atoms with Crippen LogP contribution >= 0.6 is 0 Å². The third-order valence-corrected chi connectivity index (χ3v) is 3.33. The van der Waals surface area contributed by atoms with E-state index in [1.807, 2.05) is 26.0 Å². The van der Waals surface area contributed by atoms with E-state index in [0.717, 1.165) is 5.69 Å². The quantitative estimate of drug-likeness (QED) is 0.904. The lowest BCUT2D eigenvalue weighted by Crippen LogP contribution is -2.30. The van der Waals surface area contributed by atoms with Crippen LogP contribution in [0.4, 0.5) is 11.5 Å². The number of hydrogen-bond donors (Lipinski definition) is 2. The fraction of sp³-hybridized carbons (Fsp3) is 0.389. The van der Waals surface area contributed by atoms with Gasteiger partial charge < -0.3 is 10.6 Å². The number of carbonyl (C=O) groups is 1. The van der Waals surface area contributed by atoms with E-state index in [1.165, 1.54) is 11.8 Å². The van der Waals surface area contributed by atoms with Crippen molar-refractivity contribution < 1.29 is 4.79 Å². The molecule has 0 atom stereocenters. The van der Waals surface area contributed by atoms with Gasteiger partial charge in [0, 0.05) is 11.7 Å². The first kappa shape index (κ1) is 16.9. The first-order chi connectivity index (χ1) is 10.8. The molecule has 1 aromatic heterocycles. The summed E-state index contributed by atoms with van der Waals surface area (Å²) >= 11 is 0. The summed E-state index contributed by atoms with van der Waals surface area (Å²) in [7, 11) is 0. The van der Waals surface area contributed by atoms with E-state index in [2.05, 4.69) is 53.5 Å². The lowest BCUT2D eigenvalue weighted by atomic mass is 9.87. The van der Waals surface area contributed by atoms with Gasteiger partial charge in [0.15, 0.2) is 0 Å². The standard InChI is InChI=1S/C18H24N4O/c1-12(2)21-17(23)15-10-20-16(11-19-15)22-14-8-6-13(7-9-14)18(3,4)5/h6-12H,1-5H3,(H,20,22)(H,21,23). The van der Waals surface area contributed by atoms with Crippen molar-refractivity contribution in [2.45, 2.75) is 46.1 Å². The maximum atomic E-state index is 11.8. The lowest BCUT2D eigenvalue weighted by molar-refractivity contribution is 0.0937. The van der Waals surface area contributed by atoms with E-state index < -0.39 is 0 Å². The molecule has 0 radical (unpaired) electrons. The summed E-state index contributed by atoms with van der Waals surface area (Å²) in [6.07, 6.45) is 3.04. The minimum atomic E-state index is -0.214. The average Bonchev–Trinajstić information content (AvgIpc) is 2.47. The summed E-state index contributed by atoms with van der Waals surface area (Å²) in [5.74, 6) is 0.392. The molecule has 0 spiro atoms. The van der Waals surface area contributed by atoms with Crippen molar-refractivity contribution >= 4 is 17.4 Å². The van der Waals surface area contributed by atoms with Crippen molar-refractivity contribution in [2.75, 3.05) is 5.32 Å². The van der Waals surface area contributed by atoms with Gasteiger partial charge in [0.2, 0.25) is 0 Å². The zero-order chi connectivity index (χ0) is 17.0. The first-order valence-corrected chi connectivity index (χ1v) is 7.76. The Hall–Kier alpha value is -2.43. The van der Waals surface area contributed by atoms with Crippen LogP contribution in [0.1, 0.15) is 50.7 Å². The number of amides is 1. The Bertz CT molecular complexity index is 655. The molecule has 1 aromatic carbocycles. The van der Waals surface area contributed by atoms with Crippen molar-refractivity contribution in [2.24, 2.45) is 0 Å². The van der Waals surface area contributed by atoms with E-state index in [-0.39, 0.29) is 17.4 Å². The Kier molecular flexibility index (Phi) is 4.98. The molecular weight excluding hydrogens is 288 g/mol. The van der Waals surface area contributed by atoms with Crippen LogP contribution in [0, 0.1) is 0 Å². The molecule has 23 heavy (non-hydrogen) atoms. The molecule has 0 saturated heterocycles. The SMILES string of the molecule is CC(C)NC(=O)c1cnc(Nc2ccc(C(C)(C)C)cc2)cn1. The third-order valence-electron chi connectivity index (χ3n) is 3.33. The van der Waals surface area contributed by atoms with Gasteiger partial charge in [0.05, 0.1) is 12.4 Å². The molecule has 2 aromatic rings. The van der Waals surface area contributed by atoms with Crippen molar-refractivity contribution in [1.82, 2.24) is 15.3 Å². The van der Waals surface area contributed by atoms with E-state index in [9.17, 15) is 4.79 Å². The summed E-state index contributed by atoms with van der Waals surface area (Å²) < 4.78 is 0. The zero-order valence-corrected chi connectivity index (χ0v) is 14.3. The lowest BCUT2D eigenvalue weighted by Gasteiger charge is -2.19. The van der Waals surface area contributed by atoms with Crippen molar-refractivity contribution in [3.8, 4) is 0 Å². The minimum Gasteiger partial charge on any atom is -0.348 e. The summed E-state index contributed by atoms with van der Waals surface area (Å²) in [6, 6.07) is 8.30. The van der Waals surface area contributed by atoms with E-state index in [1.54, 1.807) is 6.20 Å². The van der Waals surface area contributed by atoms with Crippen LogP contribution < -0.4 is 10.6 Å².